The molecule has 2 aliphatic rings. The maximum absolute atomic E-state index is 13.1. The molecule has 2 fully saturated rings. The molecule has 0 radical (unpaired) electrons. The Bertz CT molecular complexity index is 858. The van der Waals surface area contributed by atoms with Crippen molar-refractivity contribution in [3.63, 3.8) is 0 Å². The monoisotopic (exact) mass is 399 g/mol. The first-order valence-electron chi connectivity index (χ1n) is 11.0. The van der Waals surface area contributed by atoms with Crippen LogP contribution in [0.15, 0.2) is 18.3 Å². The van der Waals surface area contributed by atoms with Crippen molar-refractivity contribution in [2.45, 2.75) is 70.4 Å². The summed E-state index contributed by atoms with van der Waals surface area (Å²) in [5, 5.41) is 12.5. The highest BCUT2D eigenvalue weighted by Gasteiger charge is 2.29. The number of aliphatic hydroxyl groups excluding tert-OH is 1. The predicted octanol–water partition coefficient (Wildman–Crippen LogP) is 3.67. The lowest BCUT2D eigenvalue weighted by Gasteiger charge is -2.33. The highest BCUT2D eigenvalue weighted by molar-refractivity contribution is 6.00. The van der Waals surface area contributed by atoms with Crippen molar-refractivity contribution in [2.24, 2.45) is 11.8 Å². The van der Waals surface area contributed by atoms with E-state index in [0.717, 1.165) is 42.7 Å². The molecule has 0 aromatic carbocycles. The van der Waals surface area contributed by atoms with Gasteiger partial charge in [-0.2, -0.15) is 0 Å². The van der Waals surface area contributed by atoms with Gasteiger partial charge in [0.1, 0.15) is 5.65 Å². The van der Waals surface area contributed by atoms with Crippen LogP contribution < -0.4 is 5.32 Å². The van der Waals surface area contributed by atoms with Crippen molar-refractivity contribution in [1.82, 2.24) is 14.7 Å². The number of fused-ring (bicyclic) bond motifs is 1. The van der Waals surface area contributed by atoms with E-state index in [0.29, 0.717) is 29.9 Å². The lowest BCUT2D eigenvalue weighted by atomic mass is 9.77. The molecule has 2 N–H and O–H groups in total. The molecule has 6 nitrogen and oxygen atoms in total. The number of rotatable bonds is 8. The van der Waals surface area contributed by atoms with Gasteiger partial charge < -0.3 is 19.6 Å². The van der Waals surface area contributed by atoms with Crippen LogP contribution in [-0.2, 0) is 11.3 Å². The average molecular weight is 400 g/mol. The maximum Gasteiger partial charge on any atom is 0.255 e. The second-order valence-corrected chi connectivity index (χ2v) is 8.89. The number of nitrogens with zero attached hydrogens (tertiary/aromatic N) is 2. The second kappa shape index (κ2) is 8.84. The van der Waals surface area contributed by atoms with Crippen molar-refractivity contribution in [2.75, 3.05) is 13.7 Å². The first-order valence-corrected chi connectivity index (χ1v) is 11.0. The van der Waals surface area contributed by atoms with E-state index in [4.69, 9.17) is 9.72 Å². The molecular weight excluding hydrogens is 366 g/mol. The molecule has 158 valence electrons. The van der Waals surface area contributed by atoms with E-state index in [2.05, 4.69) is 18.3 Å². The van der Waals surface area contributed by atoms with Gasteiger partial charge in [0.25, 0.3) is 5.91 Å². The molecule has 29 heavy (non-hydrogen) atoms. The van der Waals surface area contributed by atoms with Crippen LogP contribution in [-0.4, -0.2) is 40.2 Å². The zero-order chi connectivity index (χ0) is 20.4. The van der Waals surface area contributed by atoms with Gasteiger partial charge in [0.15, 0.2) is 0 Å². The van der Waals surface area contributed by atoms with Crippen LogP contribution in [0.5, 0.6) is 0 Å². The van der Waals surface area contributed by atoms with Crippen LogP contribution in [0, 0.1) is 11.8 Å². The molecule has 3 atom stereocenters. The third kappa shape index (κ3) is 4.48. The van der Waals surface area contributed by atoms with Crippen LogP contribution in [0.4, 0.5) is 0 Å². The number of hydrogen-bond donors (Lipinski definition) is 2. The summed E-state index contributed by atoms with van der Waals surface area (Å²) in [5.74, 6) is 1.56. The minimum atomic E-state index is -0.0308. The summed E-state index contributed by atoms with van der Waals surface area (Å²) in [4.78, 5) is 18.0. The SMILES string of the molecule is COCc1cc(C2CC2)nc2c(C(=O)N[C@H]3CCCC(C(C)CCO)C3)ccn12. The number of methoxy groups -OCH3 is 1. The molecule has 2 aromatic heterocycles. The first kappa shape index (κ1) is 20.4. The van der Waals surface area contributed by atoms with Gasteiger partial charge in [-0.25, -0.2) is 4.98 Å². The Morgan fingerprint density at radius 3 is 2.93 bits per heavy atom. The molecular formula is C23H33N3O3. The summed E-state index contributed by atoms with van der Waals surface area (Å²) in [7, 11) is 1.69. The van der Waals surface area contributed by atoms with Crippen molar-refractivity contribution >= 4 is 11.6 Å². The molecule has 0 spiro atoms. The molecule has 4 rings (SSSR count). The van der Waals surface area contributed by atoms with Crippen molar-refractivity contribution in [3.05, 3.63) is 35.3 Å². The molecule has 6 heteroatoms. The van der Waals surface area contributed by atoms with Gasteiger partial charge in [-0.05, 0) is 56.1 Å². The Morgan fingerprint density at radius 2 is 2.21 bits per heavy atom. The number of aromatic nitrogens is 2. The first-order chi connectivity index (χ1) is 14.1. The van der Waals surface area contributed by atoms with Crippen molar-refractivity contribution in [3.8, 4) is 0 Å². The molecule has 0 saturated heterocycles. The zero-order valence-electron chi connectivity index (χ0n) is 17.6. The van der Waals surface area contributed by atoms with Crippen molar-refractivity contribution < 1.29 is 14.6 Å². The van der Waals surface area contributed by atoms with Gasteiger partial charge in [0, 0.05) is 37.6 Å². The van der Waals surface area contributed by atoms with Crippen molar-refractivity contribution in [1.29, 1.82) is 0 Å². The topological polar surface area (TPSA) is 75.9 Å². The quantitative estimate of drug-likeness (QED) is 0.710. The number of amides is 1. The normalized spacial score (nSPS) is 23.3. The lowest BCUT2D eigenvalue weighted by molar-refractivity contribution is 0.0908. The van der Waals surface area contributed by atoms with Crippen LogP contribution in [0.1, 0.15) is 79.5 Å². The second-order valence-electron chi connectivity index (χ2n) is 8.89. The van der Waals surface area contributed by atoms with Gasteiger partial charge in [-0.1, -0.05) is 19.8 Å². The molecule has 2 aliphatic carbocycles. The molecule has 2 heterocycles. The van der Waals surface area contributed by atoms with E-state index in [-0.39, 0.29) is 18.6 Å². The number of aliphatic hydroxyl groups is 1. The highest BCUT2D eigenvalue weighted by Crippen LogP contribution is 2.39. The molecule has 2 saturated carbocycles. The minimum absolute atomic E-state index is 0.0308. The fourth-order valence-corrected chi connectivity index (χ4v) is 4.77. The summed E-state index contributed by atoms with van der Waals surface area (Å²) in [5.41, 5.74) is 3.50. The highest BCUT2D eigenvalue weighted by atomic mass is 16.5. The molecule has 2 aromatic rings. The van der Waals surface area contributed by atoms with E-state index in [1.54, 1.807) is 7.11 Å². The number of carbonyl (C=O) groups excluding carboxylic acids is 1. The predicted molar refractivity (Wildman–Crippen MR) is 112 cm³/mol. The average Bonchev–Trinajstić information content (AvgIpc) is 3.47. The summed E-state index contributed by atoms with van der Waals surface area (Å²) in [6.45, 7) is 2.96. The van der Waals surface area contributed by atoms with Gasteiger partial charge >= 0.3 is 0 Å². The summed E-state index contributed by atoms with van der Waals surface area (Å²) >= 11 is 0. The molecule has 0 aliphatic heterocycles. The lowest BCUT2D eigenvalue weighted by Crippen LogP contribution is -2.39. The Labute approximate surface area is 172 Å². The van der Waals surface area contributed by atoms with E-state index in [1.165, 1.54) is 19.3 Å². The Morgan fingerprint density at radius 1 is 1.38 bits per heavy atom. The van der Waals surface area contributed by atoms with Gasteiger partial charge in [-0.15, -0.1) is 0 Å². The number of ether oxygens (including phenoxy) is 1. The fraction of sp³-hybridized carbons (Fsp3) is 0.652. The third-order valence-electron chi connectivity index (χ3n) is 6.69. The maximum atomic E-state index is 13.1. The Kier molecular flexibility index (Phi) is 6.20. The van der Waals surface area contributed by atoms with E-state index < -0.39 is 0 Å². The largest absolute Gasteiger partial charge is 0.396 e. The van der Waals surface area contributed by atoms with E-state index >= 15 is 0 Å². The summed E-state index contributed by atoms with van der Waals surface area (Å²) in [6.07, 6.45) is 9.45. The van der Waals surface area contributed by atoms with Gasteiger partial charge in [-0.3, -0.25) is 4.79 Å². The molecule has 0 bridgehead atoms. The minimum Gasteiger partial charge on any atom is -0.396 e. The van der Waals surface area contributed by atoms with Crippen LogP contribution in [0.2, 0.25) is 0 Å². The fourth-order valence-electron chi connectivity index (χ4n) is 4.77. The van der Waals surface area contributed by atoms with Crippen LogP contribution in [0.3, 0.4) is 0 Å². The standard InChI is InChI=1S/C23H33N3O3/c1-15(9-11-27)17-4-3-5-18(12-17)24-23(28)20-8-10-26-19(14-29-2)13-21(16-6-7-16)25-22(20)26/h8,10,13,15-18,27H,3-7,9,11-12,14H2,1-2H3,(H,24,28)/t15?,17?,18-/m0/s1. The number of hydrogen-bond acceptors (Lipinski definition) is 4. The van der Waals surface area contributed by atoms with E-state index in [9.17, 15) is 9.90 Å². The number of carbonyl (C=O) groups is 1. The summed E-state index contributed by atoms with van der Waals surface area (Å²) in [6, 6.07) is 4.19. The van der Waals surface area contributed by atoms with Crippen LogP contribution >= 0.6 is 0 Å². The smallest absolute Gasteiger partial charge is 0.255 e. The number of nitrogens with one attached hydrogen (secondary N) is 1. The Hall–Kier alpha value is -1.92. The Balaban J connectivity index is 1.52. The van der Waals surface area contributed by atoms with Gasteiger partial charge in [0.05, 0.1) is 17.9 Å². The molecule has 1 amide bonds. The summed E-state index contributed by atoms with van der Waals surface area (Å²) < 4.78 is 7.35. The van der Waals surface area contributed by atoms with Crippen LogP contribution in [0.25, 0.3) is 5.65 Å². The van der Waals surface area contributed by atoms with E-state index in [1.807, 2.05) is 16.7 Å². The zero-order valence-corrected chi connectivity index (χ0v) is 17.6. The molecule has 2 unspecified atom stereocenters. The van der Waals surface area contributed by atoms with Gasteiger partial charge in [0.2, 0.25) is 0 Å². The third-order valence-corrected chi connectivity index (χ3v) is 6.69.